The average Bonchev–Trinajstić information content (AvgIpc) is 2.36. The number of nitrogens with zero attached hydrogens (tertiary/aromatic N) is 1. The summed E-state index contributed by atoms with van der Waals surface area (Å²) in [5.41, 5.74) is 1.60. The maximum Gasteiger partial charge on any atom is 0.275 e. The molecule has 1 amide bonds. The number of anilines is 1. The van der Waals surface area contributed by atoms with Crippen molar-refractivity contribution in [3.8, 4) is 0 Å². The number of carbonyl (C=O) groups is 1. The van der Waals surface area contributed by atoms with Gasteiger partial charge in [-0.15, -0.1) is 0 Å². The quantitative estimate of drug-likeness (QED) is 0.843. The Kier molecular flexibility index (Phi) is 4.45. The Morgan fingerprint density at radius 3 is 2.74 bits per heavy atom. The fourth-order valence-electron chi connectivity index (χ4n) is 1.48. The minimum absolute atomic E-state index is 0.287. The highest BCUT2D eigenvalue weighted by atomic mass is 79.9. The van der Waals surface area contributed by atoms with E-state index in [0.29, 0.717) is 20.2 Å². The fraction of sp³-hybridized carbons (Fsp3) is 0.0769. The number of rotatable bonds is 2. The maximum absolute atomic E-state index is 12.1. The number of aromatic nitrogens is 1. The van der Waals surface area contributed by atoms with Gasteiger partial charge in [-0.2, -0.15) is 0 Å². The summed E-state index contributed by atoms with van der Waals surface area (Å²) in [6.45, 7) is 1.84. The number of nitrogens with one attached hydrogen (secondary N) is 1. The van der Waals surface area contributed by atoms with Gasteiger partial charge in [-0.05, 0) is 52.7 Å². The zero-order valence-corrected chi connectivity index (χ0v) is 13.0. The summed E-state index contributed by atoms with van der Waals surface area (Å²) < 4.78 is 0.613. The van der Waals surface area contributed by atoms with Crippen LogP contribution in [0.4, 0.5) is 5.69 Å². The van der Waals surface area contributed by atoms with Gasteiger partial charge >= 0.3 is 0 Å². The standard InChI is InChI=1S/C13H9BrCl2N2O/c1-7-5-10(16)11(6-9(7)15)18-13(19)12-8(14)3-2-4-17-12/h2-6H,1H3,(H,18,19). The van der Waals surface area contributed by atoms with Crippen LogP contribution in [-0.4, -0.2) is 10.9 Å². The number of amides is 1. The fourth-order valence-corrected chi connectivity index (χ4v) is 2.34. The first kappa shape index (κ1) is 14.3. The molecule has 0 aliphatic heterocycles. The van der Waals surface area contributed by atoms with Crippen LogP contribution in [0.2, 0.25) is 10.0 Å². The first-order valence-electron chi connectivity index (χ1n) is 5.36. The molecule has 98 valence electrons. The molecule has 1 aromatic carbocycles. The molecule has 0 aliphatic rings. The first-order valence-corrected chi connectivity index (χ1v) is 6.91. The molecule has 6 heteroatoms. The van der Waals surface area contributed by atoms with Crippen molar-refractivity contribution in [2.45, 2.75) is 6.92 Å². The number of hydrogen-bond donors (Lipinski definition) is 1. The van der Waals surface area contributed by atoms with Gasteiger partial charge in [-0.1, -0.05) is 23.2 Å². The number of pyridine rings is 1. The number of carbonyl (C=O) groups excluding carboxylic acids is 1. The van der Waals surface area contributed by atoms with Crippen LogP contribution in [-0.2, 0) is 0 Å². The Morgan fingerprint density at radius 2 is 2.05 bits per heavy atom. The van der Waals surface area contributed by atoms with Crippen LogP contribution in [0.3, 0.4) is 0 Å². The first-order chi connectivity index (χ1) is 8.99. The third kappa shape index (κ3) is 3.26. The lowest BCUT2D eigenvalue weighted by Gasteiger charge is -2.09. The summed E-state index contributed by atoms with van der Waals surface area (Å²) in [4.78, 5) is 16.1. The van der Waals surface area contributed by atoms with Gasteiger partial charge in [0.15, 0.2) is 0 Å². The summed E-state index contributed by atoms with van der Waals surface area (Å²) in [6.07, 6.45) is 1.55. The molecule has 1 N–H and O–H groups in total. The van der Waals surface area contributed by atoms with Crippen molar-refractivity contribution in [2.75, 3.05) is 5.32 Å². The monoisotopic (exact) mass is 358 g/mol. The van der Waals surface area contributed by atoms with E-state index in [1.807, 2.05) is 6.92 Å². The van der Waals surface area contributed by atoms with E-state index in [0.717, 1.165) is 5.56 Å². The second-order valence-electron chi connectivity index (χ2n) is 3.87. The van der Waals surface area contributed by atoms with Gasteiger partial charge < -0.3 is 5.32 Å². The predicted molar refractivity (Wildman–Crippen MR) is 81.1 cm³/mol. The topological polar surface area (TPSA) is 42.0 Å². The molecule has 0 fully saturated rings. The normalized spacial score (nSPS) is 10.3. The van der Waals surface area contributed by atoms with Crippen LogP contribution in [0, 0.1) is 6.92 Å². The van der Waals surface area contributed by atoms with Crippen molar-refractivity contribution in [1.29, 1.82) is 0 Å². The van der Waals surface area contributed by atoms with E-state index < -0.39 is 0 Å². The summed E-state index contributed by atoms with van der Waals surface area (Å²) >= 11 is 15.4. The smallest absolute Gasteiger partial charge is 0.275 e. The van der Waals surface area contributed by atoms with Crippen molar-refractivity contribution in [2.24, 2.45) is 0 Å². The van der Waals surface area contributed by atoms with Gasteiger partial charge in [0.05, 0.1) is 10.7 Å². The number of aryl methyl sites for hydroxylation is 1. The van der Waals surface area contributed by atoms with Crippen molar-refractivity contribution in [1.82, 2.24) is 4.98 Å². The highest BCUT2D eigenvalue weighted by Crippen LogP contribution is 2.29. The Bertz CT molecular complexity index is 647. The highest BCUT2D eigenvalue weighted by molar-refractivity contribution is 9.10. The van der Waals surface area contributed by atoms with E-state index in [1.165, 1.54) is 0 Å². The number of benzene rings is 1. The Balaban J connectivity index is 2.30. The van der Waals surface area contributed by atoms with Crippen molar-refractivity contribution in [3.63, 3.8) is 0 Å². The Morgan fingerprint density at radius 1 is 1.32 bits per heavy atom. The molecule has 0 bridgehead atoms. The van der Waals surface area contributed by atoms with E-state index in [4.69, 9.17) is 23.2 Å². The second kappa shape index (κ2) is 5.90. The van der Waals surface area contributed by atoms with E-state index in [2.05, 4.69) is 26.2 Å². The van der Waals surface area contributed by atoms with E-state index in [-0.39, 0.29) is 11.6 Å². The van der Waals surface area contributed by atoms with Gasteiger partial charge in [0.25, 0.3) is 5.91 Å². The zero-order chi connectivity index (χ0) is 14.0. The molecule has 3 nitrogen and oxygen atoms in total. The highest BCUT2D eigenvalue weighted by Gasteiger charge is 2.13. The van der Waals surface area contributed by atoms with E-state index in [9.17, 15) is 4.79 Å². The van der Waals surface area contributed by atoms with E-state index in [1.54, 1.807) is 30.5 Å². The molecule has 19 heavy (non-hydrogen) atoms. The molecular formula is C13H9BrCl2N2O. The summed E-state index contributed by atoms with van der Waals surface area (Å²) in [7, 11) is 0. The lowest BCUT2D eigenvalue weighted by Crippen LogP contribution is -2.14. The second-order valence-corrected chi connectivity index (χ2v) is 5.54. The van der Waals surface area contributed by atoms with Gasteiger partial charge in [0, 0.05) is 15.7 Å². The number of hydrogen-bond acceptors (Lipinski definition) is 2. The largest absolute Gasteiger partial charge is 0.319 e. The Hall–Kier alpha value is -1.10. The predicted octanol–water partition coefficient (Wildman–Crippen LogP) is 4.71. The summed E-state index contributed by atoms with van der Waals surface area (Å²) in [6, 6.07) is 6.79. The minimum Gasteiger partial charge on any atom is -0.319 e. The molecule has 0 saturated heterocycles. The van der Waals surface area contributed by atoms with Crippen LogP contribution in [0.15, 0.2) is 34.9 Å². The molecule has 2 aromatic rings. The lowest BCUT2D eigenvalue weighted by atomic mass is 10.2. The SMILES string of the molecule is Cc1cc(Cl)c(NC(=O)c2ncccc2Br)cc1Cl. The average molecular weight is 360 g/mol. The third-order valence-corrected chi connectivity index (χ3v) is 3.83. The molecule has 0 aliphatic carbocycles. The Labute approximate surface area is 129 Å². The van der Waals surface area contributed by atoms with Gasteiger partial charge in [-0.3, -0.25) is 4.79 Å². The molecular weight excluding hydrogens is 351 g/mol. The lowest BCUT2D eigenvalue weighted by molar-refractivity contribution is 0.102. The molecule has 0 unspecified atom stereocenters. The van der Waals surface area contributed by atoms with Crippen LogP contribution < -0.4 is 5.32 Å². The van der Waals surface area contributed by atoms with Crippen LogP contribution in [0.1, 0.15) is 16.1 Å². The maximum atomic E-state index is 12.1. The van der Waals surface area contributed by atoms with Crippen molar-refractivity contribution < 1.29 is 4.79 Å². The van der Waals surface area contributed by atoms with Crippen LogP contribution in [0.25, 0.3) is 0 Å². The molecule has 1 heterocycles. The van der Waals surface area contributed by atoms with E-state index >= 15 is 0 Å². The molecule has 2 rings (SSSR count). The molecule has 0 saturated carbocycles. The third-order valence-electron chi connectivity index (χ3n) is 2.47. The minimum atomic E-state index is -0.353. The number of halogens is 3. The van der Waals surface area contributed by atoms with Gasteiger partial charge in [0.1, 0.15) is 5.69 Å². The van der Waals surface area contributed by atoms with Gasteiger partial charge in [-0.25, -0.2) is 4.98 Å². The molecule has 0 atom stereocenters. The molecule has 0 radical (unpaired) electrons. The van der Waals surface area contributed by atoms with Crippen molar-refractivity contribution >= 4 is 50.7 Å². The van der Waals surface area contributed by atoms with Crippen LogP contribution in [0.5, 0.6) is 0 Å². The van der Waals surface area contributed by atoms with Gasteiger partial charge in [0.2, 0.25) is 0 Å². The molecule has 1 aromatic heterocycles. The van der Waals surface area contributed by atoms with Crippen molar-refractivity contribution in [3.05, 3.63) is 56.2 Å². The summed E-state index contributed by atoms with van der Waals surface area (Å²) in [5.74, 6) is -0.353. The molecule has 0 spiro atoms. The van der Waals surface area contributed by atoms with Crippen LogP contribution >= 0.6 is 39.1 Å². The zero-order valence-electron chi connectivity index (χ0n) is 9.88. The summed E-state index contributed by atoms with van der Waals surface area (Å²) in [5, 5.41) is 3.66.